The van der Waals surface area contributed by atoms with Gasteiger partial charge >= 0.3 is 5.69 Å². The van der Waals surface area contributed by atoms with Crippen LogP contribution in [0.4, 0.5) is 0 Å². The smallest absolute Gasteiger partial charge is 0.345 e. The zero-order valence-corrected chi connectivity index (χ0v) is 10.1. The van der Waals surface area contributed by atoms with Gasteiger partial charge in [-0.1, -0.05) is 0 Å². The fourth-order valence-corrected chi connectivity index (χ4v) is 1.66. The molecule has 1 heterocycles. The molecule has 0 atom stereocenters. The Morgan fingerprint density at radius 2 is 2.28 bits per heavy atom. The highest BCUT2D eigenvalue weighted by molar-refractivity contribution is 5.42. The maximum atomic E-state index is 11.7. The molecular weight excluding hydrogens is 232 g/mol. The number of aromatic nitrogens is 3. The fourth-order valence-electron chi connectivity index (χ4n) is 1.66. The van der Waals surface area contributed by atoms with Crippen LogP contribution in [0.3, 0.4) is 0 Å². The van der Waals surface area contributed by atoms with Gasteiger partial charge in [-0.05, 0) is 18.2 Å². The number of methoxy groups -OCH3 is 1. The number of ether oxygens (including phenoxy) is 1. The third-order valence-electron chi connectivity index (χ3n) is 2.62. The van der Waals surface area contributed by atoms with Crippen molar-refractivity contribution in [2.24, 2.45) is 7.05 Å². The number of rotatable bonds is 3. The Balaban J connectivity index is 2.42. The van der Waals surface area contributed by atoms with Crippen molar-refractivity contribution in [2.45, 2.75) is 6.54 Å². The summed E-state index contributed by atoms with van der Waals surface area (Å²) in [5.41, 5.74) is 1.06. The summed E-state index contributed by atoms with van der Waals surface area (Å²) in [5.74, 6) is 0.631. The molecule has 2 rings (SSSR count). The van der Waals surface area contributed by atoms with E-state index in [9.17, 15) is 4.79 Å². The molecule has 0 saturated carbocycles. The molecule has 1 aromatic carbocycles. The molecule has 6 nitrogen and oxygen atoms in total. The van der Waals surface area contributed by atoms with Gasteiger partial charge in [0.2, 0.25) is 0 Å². The Morgan fingerprint density at radius 1 is 1.50 bits per heavy atom. The SMILES string of the molecule is COc1ccc(C#N)cc1Cn1ncn(C)c1=O. The molecule has 0 bridgehead atoms. The average molecular weight is 244 g/mol. The van der Waals surface area contributed by atoms with Gasteiger partial charge in [0.1, 0.15) is 12.1 Å². The summed E-state index contributed by atoms with van der Waals surface area (Å²) in [6, 6.07) is 7.13. The van der Waals surface area contributed by atoms with E-state index < -0.39 is 0 Å². The Morgan fingerprint density at radius 3 is 2.83 bits per heavy atom. The molecule has 0 radical (unpaired) electrons. The molecule has 0 aliphatic carbocycles. The molecule has 92 valence electrons. The summed E-state index contributed by atoms with van der Waals surface area (Å²) in [5, 5.41) is 12.8. The van der Waals surface area contributed by atoms with Gasteiger partial charge in [0.15, 0.2) is 0 Å². The normalized spacial score (nSPS) is 10.1. The van der Waals surface area contributed by atoms with Crippen LogP contribution in [-0.2, 0) is 13.6 Å². The van der Waals surface area contributed by atoms with Gasteiger partial charge in [0.25, 0.3) is 0 Å². The summed E-state index contributed by atoms with van der Waals surface area (Å²) in [7, 11) is 3.18. The second-order valence-electron chi connectivity index (χ2n) is 3.82. The van der Waals surface area contributed by atoms with Gasteiger partial charge in [-0.3, -0.25) is 4.57 Å². The first-order valence-electron chi connectivity index (χ1n) is 5.31. The quantitative estimate of drug-likeness (QED) is 0.788. The zero-order valence-electron chi connectivity index (χ0n) is 10.1. The van der Waals surface area contributed by atoms with Crippen LogP contribution in [0.5, 0.6) is 5.75 Å². The van der Waals surface area contributed by atoms with E-state index in [1.54, 1.807) is 32.4 Å². The minimum absolute atomic E-state index is 0.209. The summed E-state index contributed by atoms with van der Waals surface area (Å²) in [6.07, 6.45) is 1.45. The number of aryl methyl sites for hydroxylation is 1. The van der Waals surface area contributed by atoms with E-state index in [1.165, 1.54) is 15.6 Å². The van der Waals surface area contributed by atoms with Crippen molar-refractivity contribution < 1.29 is 4.74 Å². The van der Waals surface area contributed by atoms with E-state index in [1.807, 2.05) is 0 Å². The molecule has 0 N–H and O–H groups in total. The van der Waals surface area contributed by atoms with Crippen molar-refractivity contribution >= 4 is 0 Å². The minimum Gasteiger partial charge on any atom is -0.496 e. The van der Waals surface area contributed by atoms with Gasteiger partial charge in [-0.2, -0.15) is 10.4 Å². The van der Waals surface area contributed by atoms with Crippen molar-refractivity contribution in [3.8, 4) is 11.8 Å². The Bertz CT molecular complexity index is 663. The predicted molar refractivity (Wildman–Crippen MR) is 64.3 cm³/mol. The van der Waals surface area contributed by atoms with Crippen molar-refractivity contribution in [3.05, 3.63) is 46.1 Å². The van der Waals surface area contributed by atoms with E-state index in [-0.39, 0.29) is 12.2 Å². The minimum atomic E-state index is -0.209. The molecule has 0 saturated heterocycles. The van der Waals surface area contributed by atoms with E-state index in [2.05, 4.69) is 11.2 Å². The third kappa shape index (κ3) is 2.11. The highest BCUT2D eigenvalue weighted by Crippen LogP contribution is 2.19. The first-order valence-corrected chi connectivity index (χ1v) is 5.31. The molecule has 0 aliphatic rings. The van der Waals surface area contributed by atoms with Gasteiger partial charge in [0.05, 0.1) is 25.3 Å². The van der Waals surface area contributed by atoms with Crippen LogP contribution in [0.15, 0.2) is 29.3 Å². The lowest BCUT2D eigenvalue weighted by Gasteiger charge is -2.08. The first kappa shape index (κ1) is 11.9. The maximum Gasteiger partial charge on any atom is 0.345 e. The van der Waals surface area contributed by atoms with Crippen molar-refractivity contribution in [3.63, 3.8) is 0 Å². The number of benzene rings is 1. The van der Waals surface area contributed by atoms with Gasteiger partial charge in [0, 0.05) is 12.6 Å². The van der Waals surface area contributed by atoms with E-state index in [4.69, 9.17) is 10.00 Å². The maximum absolute atomic E-state index is 11.7. The molecule has 2 aromatic rings. The lowest BCUT2D eigenvalue weighted by molar-refractivity contribution is 0.407. The Hall–Kier alpha value is -2.55. The molecule has 0 amide bonds. The summed E-state index contributed by atoms with van der Waals surface area (Å²) in [4.78, 5) is 11.7. The highest BCUT2D eigenvalue weighted by Gasteiger charge is 2.08. The van der Waals surface area contributed by atoms with E-state index >= 15 is 0 Å². The fraction of sp³-hybridized carbons (Fsp3) is 0.250. The van der Waals surface area contributed by atoms with E-state index in [0.717, 1.165) is 5.56 Å². The molecule has 0 spiro atoms. The summed E-state index contributed by atoms with van der Waals surface area (Å²) in [6.45, 7) is 0.276. The molecular formula is C12H12N4O2. The molecule has 6 heteroatoms. The van der Waals surface area contributed by atoms with Crippen LogP contribution in [0.1, 0.15) is 11.1 Å². The van der Waals surface area contributed by atoms with Gasteiger partial charge in [-0.25, -0.2) is 9.48 Å². The average Bonchev–Trinajstić information content (AvgIpc) is 2.70. The molecule has 1 aromatic heterocycles. The lowest BCUT2D eigenvalue weighted by Crippen LogP contribution is -2.23. The predicted octanol–water partition coefficient (Wildman–Crippen LogP) is 0.510. The molecule has 0 aliphatic heterocycles. The first-order chi connectivity index (χ1) is 8.65. The lowest BCUT2D eigenvalue weighted by atomic mass is 10.1. The highest BCUT2D eigenvalue weighted by atomic mass is 16.5. The number of hydrogen-bond acceptors (Lipinski definition) is 4. The Labute approximate surface area is 104 Å². The Kier molecular flexibility index (Phi) is 3.15. The van der Waals surface area contributed by atoms with Crippen molar-refractivity contribution in [1.82, 2.24) is 14.3 Å². The van der Waals surface area contributed by atoms with Crippen LogP contribution in [0, 0.1) is 11.3 Å². The largest absolute Gasteiger partial charge is 0.496 e. The number of hydrogen-bond donors (Lipinski definition) is 0. The van der Waals surface area contributed by atoms with Crippen LogP contribution in [-0.4, -0.2) is 21.5 Å². The van der Waals surface area contributed by atoms with E-state index in [0.29, 0.717) is 11.3 Å². The zero-order chi connectivity index (χ0) is 13.1. The standard InChI is InChI=1S/C12H12N4O2/c1-15-8-14-16(12(15)17)7-10-5-9(6-13)3-4-11(10)18-2/h3-5,8H,7H2,1-2H3. The van der Waals surface area contributed by atoms with Gasteiger partial charge in [-0.15, -0.1) is 0 Å². The topological polar surface area (TPSA) is 72.8 Å². The van der Waals surface area contributed by atoms with Gasteiger partial charge < -0.3 is 4.74 Å². The summed E-state index contributed by atoms with van der Waals surface area (Å²) < 4.78 is 7.91. The number of nitriles is 1. The molecule has 18 heavy (non-hydrogen) atoms. The molecule has 0 fully saturated rings. The third-order valence-corrected chi connectivity index (χ3v) is 2.62. The van der Waals surface area contributed by atoms with Crippen LogP contribution >= 0.6 is 0 Å². The number of nitrogens with zero attached hydrogens (tertiary/aromatic N) is 4. The second-order valence-corrected chi connectivity index (χ2v) is 3.82. The second kappa shape index (κ2) is 4.75. The van der Waals surface area contributed by atoms with Crippen LogP contribution in [0.25, 0.3) is 0 Å². The van der Waals surface area contributed by atoms with Crippen molar-refractivity contribution in [2.75, 3.05) is 7.11 Å². The van der Waals surface area contributed by atoms with Crippen molar-refractivity contribution in [1.29, 1.82) is 5.26 Å². The van der Waals surface area contributed by atoms with Crippen LogP contribution in [0.2, 0.25) is 0 Å². The molecule has 0 unspecified atom stereocenters. The van der Waals surface area contributed by atoms with Crippen LogP contribution < -0.4 is 10.4 Å². The monoisotopic (exact) mass is 244 g/mol. The summed E-state index contributed by atoms with van der Waals surface area (Å²) >= 11 is 0.